The van der Waals surface area contributed by atoms with E-state index in [1.54, 1.807) is 24.3 Å². The molecule has 3 N–H and O–H groups in total. The summed E-state index contributed by atoms with van der Waals surface area (Å²) in [4.78, 5) is 35.0. The lowest BCUT2D eigenvalue weighted by molar-refractivity contribution is -0.115. The van der Waals surface area contributed by atoms with Crippen LogP contribution >= 0.6 is 0 Å². The highest BCUT2D eigenvalue weighted by atomic mass is 19.1. The molecule has 6 nitrogen and oxygen atoms in total. The summed E-state index contributed by atoms with van der Waals surface area (Å²) in [5.41, 5.74) is 1.24. The van der Waals surface area contributed by atoms with Gasteiger partial charge in [-0.2, -0.15) is 0 Å². The number of halogens is 1. The van der Waals surface area contributed by atoms with Gasteiger partial charge < -0.3 is 16.0 Å². The molecule has 0 aliphatic heterocycles. The van der Waals surface area contributed by atoms with E-state index < -0.39 is 17.6 Å². The molecule has 2 aromatic rings. The summed E-state index contributed by atoms with van der Waals surface area (Å²) in [5.74, 6) is -1.55. The van der Waals surface area contributed by atoms with Crippen LogP contribution in [0.4, 0.5) is 10.1 Å². The van der Waals surface area contributed by atoms with Crippen LogP contribution < -0.4 is 16.0 Å². The van der Waals surface area contributed by atoms with Crippen molar-refractivity contribution < 1.29 is 18.8 Å². The number of amides is 3. The summed E-state index contributed by atoms with van der Waals surface area (Å²) < 4.78 is 12.8. The van der Waals surface area contributed by atoms with Gasteiger partial charge in [0, 0.05) is 23.9 Å². The molecule has 0 radical (unpaired) electrons. The molecule has 0 aliphatic rings. The number of anilines is 1. The van der Waals surface area contributed by atoms with E-state index in [9.17, 15) is 18.8 Å². The molecule has 0 aliphatic carbocycles. The van der Waals surface area contributed by atoms with Gasteiger partial charge in [-0.05, 0) is 48.5 Å². The molecule has 0 atom stereocenters. The molecule has 7 heteroatoms. The van der Waals surface area contributed by atoms with Gasteiger partial charge >= 0.3 is 0 Å². The number of hydrogen-bond donors (Lipinski definition) is 3. The molecule has 0 spiro atoms. The van der Waals surface area contributed by atoms with Gasteiger partial charge in [0.25, 0.3) is 11.8 Å². The average molecular weight is 329 g/mol. The Kier molecular flexibility index (Phi) is 5.62. The second kappa shape index (κ2) is 7.87. The summed E-state index contributed by atoms with van der Waals surface area (Å²) in [6, 6.07) is 11.3. The molecule has 24 heavy (non-hydrogen) atoms. The summed E-state index contributed by atoms with van der Waals surface area (Å²) in [5, 5.41) is 7.53. The topological polar surface area (TPSA) is 87.3 Å². The van der Waals surface area contributed by atoms with Gasteiger partial charge in [-0.25, -0.2) is 4.39 Å². The van der Waals surface area contributed by atoms with Crippen molar-refractivity contribution in [3.05, 3.63) is 65.5 Å². The first-order valence-corrected chi connectivity index (χ1v) is 7.15. The standard InChI is InChI=1S/C17H16FN3O3/c1-19-16(23)11-4-8-14(9-5-11)21-15(22)10-20-17(24)12-2-6-13(18)7-3-12/h2-9H,10H2,1H3,(H,19,23)(H,20,24)(H,21,22). The third-order valence-corrected chi connectivity index (χ3v) is 3.17. The molecule has 3 amide bonds. The zero-order chi connectivity index (χ0) is 17.5. The van der Waals surface area contributed by atoms with Crippen LogP contribution in [0.15, 0.2) is 48.5 Å². The monoisotopic (exact) mass is 329 g/mol. The fourth-order valence-corrected chi connectivity index (χ4v) is 1.92. The second-order valence-corrected chi connectivity index (χ2v) is 4.89. The van der Waals surface area contributed by atoms with Gasteiger partial charge in [-0.3, -0.25) is 14.4 Å². The summed E-state index contributed by atoms with van der Waals surface area (Å²) >= 11 is 0. The molecule has 0 saturated carbocycles. The van der Waals surface area contributed by atoms with Crippen LogP contribution in [0, 0.1) is 5.82 Å². The number of benzene rings is 2. The van der Waals surface area contributed by atoms with Gasteiger partial charge in [0.15, 0.2) is 0 Å². The third-order valence-electron chi connectivity index (χ3n) is 3.17. The molecule has 0 heterocycles. The van der Waals surface area contributed by atoms with Crippen molar-refractivity contribution >= 4 is 23.4 Å². The summed E-state index contributed by atoms with van der Waals surface area (Å²) in [6.07, 6.45) is 0. The van der Waals surface area contributed by atoms with Crippen LogP contribution in [0.25, 0.3) is 0 Å². The largest absolute Gasteiger partial charge is 0.355 e. The minimum atomic E-state index is -0.472. The molecule has 2 aromatic carbocycles. The number of nitrogens with one attached hydrogen (secondary N) is 3. The van der Waals surface area contributed by atoms with E-state index >= 15 is 0 Å². The average Bonchev–Trinajstić information content (AvgIpc) is 2.60. The maximum atomic E-state index is 12.8. The molecule has 2 rings (SSSR count). The number of rotatable bonds is 5. The van der Waals surface area contributed by atoms with E-state index in [0.717, 1.165) is 0 Å². The van der Waals surface area contributed by atoms with Gasteiger partial charge in [0.05, 0.1) is 6.54 Å². The molecule has 0 unspecified atom stereocenters. The lowest BCUT2D eigenvalue weighted by atomic mass is 10.2. The summed E-state index contributed by atoms with van der Waals surface area (Å²) in [6.45, 7) is -0.229. The van der Waals surface area contributed by atoms with Crippen LogP contribution in [0.5, 0.6) is 0 Å². The second-order valence-electron chi connectivity index (χ2n) is 4.89. The molecule has 124 valence electrons. The predicted octanol–water partition coefficient (Wildman–Crippen LogP) is 1.55. The van der Waals surface area contributed by atoms with Crippen molar-refractivity contribution in [2.75, 3.05) is 18.9 Å². The van der Waals surface area contributed by atoms with E-state index in [0.29, 0.717) is 11.3 Å². The van der Waals surface area contributed by atoms with Crippen molar-refractivity contribution in [2.45, 2.75) is 0 Å². The predicted molar refractivity (Wildman–Crippen MR) is 87.2 cm³/mol. The molecule has 0 fully saturated rings. The Bertz CT molecular complexity index is 743. The van der Waals surface area contributed by atoms with Crippen molar-refractivity contribution in [1.82, 2.24) is 10.6 Å². The zero-order valence-corrected chi connectivity index (χ0v) is 12.9. The van der Waals surface area contributed by atoms with Crippen LogP contribution in [-0.4, -0.2) is 31.3 Å². The fourth-order valence-electron chi connectivity index (χ4n) is 1.92. The fraction of sp³-hybridized carbons (Fsp3) is 0.118. The van der Waals surface area contributed by atoms with Gasteiger partial charge in [0.2, 0.25) is 5.91 Å². The first kappa shape index (κ1) is 17.1. The third kappa shape index (κ3) is 4.64. The number of carbonyl (C=O) groups excluding carboxylic acids is 3. The Balaban J connectivity index is 1.85. The molecular weight excluding hydrogens is 313 g/mol. The maximum Gasteiger partial charge on any atom is 0.251 e. The van der Waals surface area contributed by atoms with Gasteiger partial charge in [0.1, 0.15) is 5.82 Å². The highest BCUT2D eigenvalue weighted by Crippen LogP contribution is 2.09. The first-order chi connectivity index (χ1) is 11.5. The van der Waals surface area contributed by atoms with Crippen LogP contribution in [-0.2, 0) is 4.79 Å². The van der Waals surface area contributed by atoms with E-state index in [-0.39, 0.29) is 18.0 Å². The Labute approximate surface area is 138 Å². The first-order valence-electron chi connectivity index (χ1n) is 7.15. The molecule has 0 bridgehead atoms. The van der Waals surface area contributed by atoms with Crippen LogP contribution in [0.1, 0.15) is 20.7 Å². The molecule has 0 saturated heterocycles. The van der Waals surface area contributed by atoms with Crippen molar-refractivity contribution in [3.8, 4) is 0 Å². The van der Waals surface area contributed by atoms with E-state index in [1.165, 1.54) is 31.3 Å². The van der Waals surface area contributed by atoms with Crippen molar-refractivity contribution in [3.63, 3.8) is 0 Å². The lowest BCUT2D eigenvalue weighted by Crippen LogP contribution is -2.32. The highest BCUT2D eigenvalue weighted by molar-refractivity contribution is 5.99. The smallest absolute Gasteiger partial charge is 0.251 e. The minimum absolute atomic E-state index is 0.223. The molecular formula is C17H16FN3O3. The van der Waals surface area contributed by atoms with Crippen LogP contribution in [0.3, 0.4) is 0 Å². The minimum Gasteiger partial charge on any atom is -0.355 e. The Morgan fingerprint density at radius 1 is 0.875 bits per heavy atom. The lowest BCUT2D eigenvalue weighted by Gasteiger charge is -2.08. The Morgan fingerprint density at radius 3 is 2.00 bits per heavy atom. The van der Waals surface area contributed by atoms with Crippen LogP contribution in [0.2, 0.25) is 0 Å². The number of hydrogen-bond acceptors (Lipinski definition) is 3. The number of carbonyl (C=O) groups is 3. The summed E-state index contributed by atoms with van der Waals surface area (Å²) in [7, 11) is 1.53. The van der Waals surface area contributed by atoms with E-state index in [4.69, 9.17) is 0 Å². The maximum absolute atomic E-state index is 12.8. The molecule has 0 aromatic heterocycles. The van der Waals surface area contributed by atoms with E-state index in [2.05, 4.69) is 16.0 Å². The van der Waals surface area contributed by atoms with Crippen molar-refractivity contribution in [2.24, 2.45) is 0 Å². The van der Waals surface area contributed by atoms with E-state index in [1.807, 2.05) is 0 Å². The quantitative estimate of drug-likeness (QED) is 0.778. The SMILES string of the molecule is CNC(=O)c1ccc(NC(=O)CNC(=O)c2ccc(F)cc2)cc1. The highest BCUT2D eigenvalue weighted by Gasteiger charge is 2.09. The van der Waals surface area contributed by atoms with Crippen molar-refractivity contribution in [1.29, 1.82) is 0 Å². The Morgan fingerprint density at radius 2 is 1.42 bits per heavy atom. The Hall–Kier alpha value is -3.22. The van der Waals surface area contributed by atoms with Gasteiger partial charge in [-0.15, -0.1) is 0 Å². The normalized spacial score (nSPS) is 9.92. The zero-order valence-electron chi connectivity index (χ0n) is 12.9. The van der Waals surface area contributed by atoms with Gasteiger partial charge in [-0.1, -0.05) is 0 Å².